The SMILES string of the molecule is COc1ccc(OC)c(CC(=O)N2CCOc3c(cc(-c4ccc(C)s4)cc3OC[C@@H]3CCCN(C)C3)C2)c1. The van der Waals surface area contributed by atoms with Crippen molar-refractivity contribution in [2.75, 3.05) is 54.1 Å². The minimum absolute atomic E-state index is 0.0167. The summed E-state index contributed by atoms with van der Waals surface area (Å²) >= 11 is 1.76. The number of hydrogen-bond acceptors (Lipinski definition) is 7. The van der Waals surface area contributed by atoms with Crippen molar-refractivity contribution in [3.8, 4) is 33.4 Å². The predicted molar refractivity (Wildman–Crippen MR) is 154 cm³/mol. The molecule has 3 aromatic rings. The van der Waals surface area contributed by atoms with Gasteiger partial charge in [-0.2, -0.15) is 0 Å². The molecule has 0 spiro atoms. The van der Waals surface area contributed by atoms with Crippen molar-refractivity contribution in [1.29, 1.82) is 0 Å². The number of benzene rings is 2. The Kier molecular flexibility index (Phi) is 8.63. The normalized spacial score (nSPS) is 17.6. The quantitative estimate of drug-likeness (QED) is 0.373. The molecule has 0 unspecified atom stereocenters. The molecule has 2 aromatic carbocycles. The molecule has 1 amide bonds. The van der Waals surface area contributed by atoms with Gasteiger partial charge in [-0.1, -0.05) is 0 Å². The lowest BCUT2D eigenvalue weighted by molar-refractivity contribution is -0.131. The van der Waals surface area contributed by atoms with E-state index in [-0.39, 0.29) is 12.3 Å². The minimum atomic E-state index is 0.0167. The lowest BCUT2D eigenvalue weighted by atomic mass is 9.99. The number of fused-ring (bicyclic) bond motifs is 1. The molecule has 0 bridgehead atoms. The van der Waals surface area contributed by atoms with E-state index in [0.717, 1.165) is 41.3 Å². The number of rotatable bonds is 8. The van der Waals surface area contributed by atoms with Crippen molar-refractivity contribution >= 4 is 17.2 Å². The van der Waals surface area contributed by atoms with Gasteiger partial charge in [0.25, 0.3) is 0 Å². The fourth-order valence-electron chi connectivity index (χ4n) is 5.45. The first kappa shape index (κ1) is 27.3. The van der Waals surface area contributed by atoms with Gasteiger partial charge in [-0.15, -0.1) is 11.3 Å². The maximum Gasteiger partial charge on any atom is 0.227 e. The molecule has 2 aliphatic heterocycles. The largest absolute Gasteiger partial charge is 0.497 e. The van der Waals surface area contributed by atoms with Gasteiger partial charge in [0.05, 0.1) is 33.8 Å². The third-order valence-corrected chi connectivity index (χ3v) is 8.55. The molecular weight excluding hydrogens is 512 g/mol. The molecule has 0 radical (unpaired) electrons. The Hall–Kier alpha value is -3.23. The first-order valence-corrected chi connectivity index (χ1v) is 14.4. The van der Waals surface area contributed by atoms with Crippen LogP contribution in [0.5, 0.6) is 23.0 Å². The van der Waals surface area contributed by atoms with Gasteiger partial charge in [0.2, 0.25) is 5.91 Å². The Bertz CT molecular complexity index is 1310. The summed E-state index contributed by atoms with van der Waals surface area (Å²) in [5.74, 6) is 3.41. The van der Waals surface area contributed by atoms with Crippen LogP contribution in [0, 0.1) is 12.8 Å². The van der Waals surface area contributed by atoms with E-state index in [1.807, 2.05) is 23.1 Å². The molecule has 1 atom stereocenters. The minimum Gasteiger partial charge on any atom is -0.497 e. The van der Waals surface area contributed by atoms with Gasteiger partial charge in [-0.3, -0.25) is 4.79 Å². The monoisotopic (exact) mass is 550 g/mol. The Morgan fingerprint density at radius 1 is 1.08 bits per heavy atom. The highest BCUT2D eigenvalue weighted by Gasteiger charge is 2.26. The number of likely N-dealkylation sites (tertiary alicyclic amines) is 1. The summed E-state index contributed by atoms with van der Waals surface area (Å²) in [6.45, 7) is 6.34. The molecule has 2 aliphatic rings. The Labute approximate surface area is 235 Å². The van der Waals surface area contributed by atoms with Crippen molar-refractivity contribution in [2.24, 2.45) is 5.92 Å². The number of carbonyl (C=O) groups excluding carboxylic acids is 1. The standard InChI is InChI=1S/C31H38N2O5S/c1-21-7-10-29(39-21)24-14-25-19-33(30(34)17-23-15-26(35-3)8-9-27(23)36-4)12-13-37-31(25)28(16-24)38-20-22-6-5-11-32(2)18-22/h7-10,14-16,22H,5-6,11-13,17-20H2,1-4H3/t22-/m1/s1. The first-order valence-electron chi connectivity index (χ1n) is 13.6. The second kappa shape index (κ2) is 12.3. The summed E-state index contributed by atoms with van der Waals surface area (Å²) in [7, 11) is 5.41. The number of hydrogen-bond donors (Lipinski definition) is 0. The van der Waals surface area contributed by atoms with Crippen molar-refractivity contribution in [3.63, 3.8) is 0 Å². The third-order valence-electron chi connectivity index (χ3n) is 7.50. The summed E-state index contributed by atoms with van der Waals surface area (Å²) in [6.07, 6.45) is 2.59. The summed E-state index contributed by atoms with van der Waals surface area (Å²) in [4.78, 5) is 20.2. The molecule has 1 saturated heterocycles. The molecular formula is C31H38N2O5S. The summed E-state index contributed by atoms with van der Waals surface area (Å²) in [5, 5.41) is 0. The first-order chi connectivity index (χ1) is 18.9. The summed E-state index contributed by atoms with van der Waals surface area (Å²) in [6, 6.07) is 14.1. The zero-order valence-corrected chi connectivity index (χ0v) is 24.1. The van der Waals surface area contributed by atoms with Gasteiger partial charge >= 0.3 is 0 Å². The maximum absolute atomic E-state index is 13.5. The van der Waals surface area contributed by atoms with E-state index in [1.54, 1.807) is 25.6 Å². The second-order valence-electron chi connectivity index (χ2n) is 10.5. The lowest BCUT2D eigenvalue weighted by Gasteiger charge is -2.29. The van der Waals surface area contributed by atoms with Crippen LogP contribution in [0.2, 0.25) is 0 Å². The molecule has 0 aliphatic carbocycles. The van der Waals surface area contributed by atoms with Crippen LogP contribution in [0.4, 0.5) is 0 Å². The van der Waals surface area contributed by atoms with Crippen molar-refractivity contribution in [2.45, 2.75) is 32.7 Å². The third kappa shape index (κ3) is 6.50. The Balaban J connectivity index is 1.41. The predicted octanol–water partition coefficient (Wildman–Crippen LogP) is 5.43. The van der Waals surface area contributed by atoms with Crippen molar-refractivity contribution in [1.82, 2.24) is 9.80 Å². The van der Waals surface area contributed by atoms with Gasteiger partial charge in [0.15, 0.2) is 11.5 Å². The van der Waals surface area contributed by atoms with Crippen molar-refractivity contribution in [3.05, 3.63) is 58.5 Å². The Morgan fingerprint density at radius 2 is 1.95 bits per heavy atom. The van der Waals surface area contributed by atoms with E-state index in [0.29, 0.717) is 43.7 Å². The molecule has 7 nitrogen and oxygen atoms in total. The number of methoxy groups -OCH3 is 2. The van der Waals surface area contributed by atoms with E-state index < -0.39 is 0 Å². The number of thiophene rings is 1. The van der Waals surface area contributed by atoms with Crippen molar-refractivity contribution < 1.29 is 23.7 Å². The molecule has 39 heavy (non-hydrogen) atoms. The zero-order chi connectivity index (χ0) is 27.4. The van der Waals surface area contributed by atoms with Crippen LogP contribution >= 0.6 is 11.3 Å². The van der Waals surface area contributed by atoms with Gasteiger partial charge in [0.1, 0.15) is 18.1 Å². The Morgan fingerprint density at radius 3 is 2.69 bits per heavy atom. The average Bonchev–Trinajstić information content (AvgIpc) is 3.25. The summed E-state index contributed by atoms with van der Waals surface area (Å²) in [5.41, 5.74) is 2.87. The van der Waals surface area contributed by atoms with Gasteiger partial charge < -0.3 is 28.7 Å². The van der Waals surface area contributed by atoms with E-state index in [1.165, 1.54) is 22.6 Å². The number of aryl methyl sites for hydroxylation is 1. The highest BCUT2D eigenvalue weighted by molar-refractivity contribution is 7.15. The van der Waals surface area contributed by atoms with Crippen LogP contribution in [0.1, 0.15) is 28.8 Å². The van der Waals surface area contributed by atoms with E-state index in [9.17, 15) is 4.79 Å². The highest BCUT2D eigenvalue weighted by atomic mass is 32.1. The average molecular weight is 551 g/mol. The van der Waals surface area contributed by atoms with Gasteiger partial charge in [-0.25, -0.2) is 0 Å². The molecule has 8 heteroatoms. The van der Waals surface area contributed by atoms with Crippen LogP contribution in [0.25, 0.3) is 10.4 Å². The molecule has 1 fully saturated rings. The number of amides is 1. The fraction of sp³-hybridized carbons (Fsp3) is 0.452. The zero-order valence-electron chi connectivity index (χ0n) is 23.3. The molecule has 0 N–H and O–H groups in total. The van der Waals surface area contributed by atoms with E-state index in [2.05, 4.69) is 43.1 Å². The molecule has 3 heterocycles. The molecule has 208 valence electrons. The van der Waals surface area contributed by atoms with Crippen LogP contribution in [-0.4, -0.2) is 69.8 Å². The lowest BCUT2D eigenvalue weighted by Crippen LogP contribution is -2.34. The maximum atomic E-state index is 13.5. The smallest absolute Gasteiger partial charge is 0.227 e. The molecule has 0 saturated carbocycles. The number of carbonyl (C=O) groups is 1. The van der Waals surface area contributed by atoms with Crippen LogP contribution in [0.15, 0.2) is 42.5 Å². The molecule has 1 aromatic heterocycles. The highest BCUT2D eigenvalue weighted by Crippen LogP contribution is 2.41. The molecule has 5 rings (SSSR count). The van der Waals surface area contributed by atoms with Gasteiger partial charge in [-0.05, 0) is 81.4 Å². The number of ether oxygens (including phenoxy) is 4. The fourth-order valence-corrected chi connectivity index (χ4v) is 6.30. The topological polar surface area (TPSA) is 60.5 Å². The van der Waals surface area contributed by atoms with E-state index in [4.69, 9.17) is 18.9 Å². The second-order valence-corrected chi connectivity index (χ2v) is 11.8. The number of nitrogens with zero attached hydrogens (tertiary/aromatic N) is 2. The van der Waals surface area contributed by atoms with Crippen LogP contribution in [0.3, 0.4) is 0 Å². The number of piperidine rings is 1. The van der Waals surface area contributed by atoms with E-state index >= 15 is 0 Å². The van der Waals surface area contributed by atoms with Crippen LogP contribution in [-0.2, 0) is 17.8 Å². The summed E-state index contributed by atoms with van der Waals surface area (Å²) < 4.78 is 23.6. The van der Waals surface area contributed by atoms with Crippen LogP contribution < -0.4 is 18.9 Å². The van der Waals surface area contributed by atoms with Gasteiger partial charge in [0, 0.05) is 39.9 Å².